The Morgan fingerprint density at radius 2 is 1.72 bits per heavy atom. The van der Waals surface area contributed by atoms with E-state index in [0.29, 0.717) is 25.9 Å². The van der Waals surface area contributed by atoms with Gasteiger partial charge >= 0.3 is 5.97 Å². The van der Waals surface area contributed by atoms with Gasteiger partial charge in [0.1, 0.15) is 11.5 Å². The average Bonchev–Trinajstić information content (AvgIpc) is 3.10. The summed E-state index contributed by atoms with van der Waals surface area (Å²) in [6.45, 7) is 2.13. The number of carbonyl (C=O) groups is 2. The lowest BCUT2D eigenvalue weighted by Crippen LogP contribution is -2.58. The number of carboxylic acids is 1. The molecule has 0 aromatic heterocycles. The first kappa shape index (κ1) is 19.5. The number of nitrogens with zero attached hydrogens (tertiary/aromatic N) is 2. The molecule has 2 aliphatic heterocycles. The zero-order chi connectivity index (χ0) is 20.4. The molecule has 2 aliphatic rings. The zero-order valence-corrected chi connectivity index (χ0v) is 16.0. The van der Waals surface area contributed by atoms with Crippen LogP contribution in [-0.2, 0) is 16.1 Å². The number of benzene rings is 2. The number of halogens is 1. The van der Waals surface area contributed by atoms with Crippen molar-refractivity contribution < 1.29 is 23.8 Å². The Labute approximate surface area is 168 Å². The highest BCUT2D eigenvalue weighted by Crippen LogP contribution is 2.38. The number of hydrogen-bond acceptors (Lipinski definition) is 4. The van der Waals surface area contributed by atoms with E-state index in [1.807, 2.05) is 18.2 Å². The van der Waals surface area contributed by atoms with Crippen LogP contribution >= 0.6 is 0 Å². The molecule has 6 nitrogen and oxygen atoms in total. The van der Waals surface area contributed by atoms with E-state index in [-0.39, 0.29) is 12.2 Å². The van der Waals surface area contributed by atoms with Gasteiger partial charge in [-0.15, -0.1) is 0 Å². The van der Waals surface area contributed by atoms with Crippen molar-refractivity contribution in [3.8, 4) is 0 Å². The molecule has 1 atom stereocenters. The van der Waals surface area contributed by atoms with Crippen molar-refractivity contribution in [1.82, 2.24) is 9.80 Å². The maximum absolute atomic E-state index is 13.3. The van der Waals surface area contributed by atoms with E-state index in [9.17, 15) is 19.1 Å². The summed E-state index contributed by atoms with van der Waals surface area (Å²) < 4.78 is 19.2. The molecule has 7 heteroatoms. The minimum absolute atomic E-state index is 0.0407. The molecule has 1 amide bonds. The van der Waals surface area contributed by atoms with Crippen LogP contribution in [0.1, 0.15) is 28.8 Å². The van der Waals surface area contributed by atoms with Crippen molar-refractivity contribution in [2.75, 3.05) is 19.7 Å². The molecule has 1 spiro atoms. The number of rotatable bonds is 4. The monoisotopic (exact) mass is 398 g/mol. The largest absolute Gasteiger partial charge is 0.480 e. The van der Waals surface area contributed by atoms with Crippen LogP contribution in [0.2, 0.25) is 0 Å². The Morgan fingerprint density at radius 1 is 1.07 bits per heavy atom. The molecule has 0 saturated carbocycles. The molecule has 2 heterocycles. The second-order valence-electron chi connectivity index (χ2n) is 7.56. The van der Waals surface area contributed by atoms with Crippen LogP contribution in [0.25, 0.3) is 0 Å². The molecule has 2 saturated heterocycles. The summed E-state index contributed by atoms with van der Waals surface area (Å²) in [6.07, 6.45) is 1.05. The number of carbonyl (C=O) groups excluding carboxylic acids is 1. The summed E-state index contributed by atoms with van der Waals surface area (Å²) in [5.41, 5.74) is 0.523. The van der Waals surface area contributed by atoms with Gasteiger partial charge in [-0.2, -0.15) is 0 Å². The fraction of sp³-hybridized carbons (Fsp3) is 0.364. The van der Waals surface area contributed by atoms with Gasteiger partial charge in [-0.3, -0.25) is 14.6 Å². The molecule has 0 unspecified atom stereocenters. The number of aliphatic carboxylic acids is 1. The van der Waals surface area contributed by atoms with E-state index in [1.54, 1.807) is 0 Å². The maximum Gasteiger partial charge on any atom is 0.328 e. The second kappa shape index (κ2) is 7.93. The van der Waals surface area contributed by atoms with Crippen LogP contribution in [0.3, 0.4) is 0 Å². The first-order chi connectivity index (χ1) is 14.0. The van der Waals surface area contributed by atoms with E-state index in [2.05, 4.69) is 17.0 Å². The van der Waals surface area contributed by atoms with Crippen molar-refractivity contribution in [2.24, 2.45) is 0 Å². The number of ether oxygens (including phenoxy) is 1. The normalized spacial score (nSPS) is 21.4. The molecule has 2 fully saturated rings. The second-order valence-corrected chi connectivity index (χ2v) is 7.56. The Kier molecular flexibility index (Phi) is 5.34. The first-order valence-electron chi connectivity index (χ1n) is 9.71. The van der Waals surface area contributed by atoms with Crippen molar-refractivity contribution in [3.63, 3.8) is 0 Å². The highest BCUT2D eigenvalue weighted by molar-refractivity contribution is 5.97. The lowest BCUT2D eigenvalue weighted by molar-refractivity contribution is -0.144. The third kappa shape index (κ3) is 3.88. The summed E-state index contributed by atoms with van der Waals surface area (Å²) in [6, 6.07) is 14.2. The van der Waals surface area contributed by atoms with E-state index < -0.39 is 29.5 Å². The lowest BCUT2D eigenvalue weighted by atomic mass is 9.96. The lowest BCUT2D eigenvalue weighted by Gasteiger charge is -2.44. The fourth-order valence-electron chi connectivity index (χ4n) is 4.19. The van der Waals surface area contributed by atoms with Gasteiger partial charge in [0, 0.05) is 38.0 Å². The van der Waals surface area contributed by atoms with Gasteiger partial charge in [-0.1, -0.05) is 30.3 Å². The van der Waals surface area contributed by atoms with Crippen LogP contribution in [0.15, 0.2) is 54.6 Å². The quantitative estimate of drug-likeness (QED) is 0.858. The van der Waals surface area contributed by atoms with Gasteiger partial charge in [-0.25, -0.2) is 9.18 Å². The summed E-state index contributed by atoms with van der Waals surface area (Å²) in [5.74, 6) is -1.98. The van der Waals surface area contributed by atoms with Crippen molar-refractivity contribution in [2.45, 2.75) is 31.2 Å². The standard InChI is InChI=1S/C22H23FN2O4/c23-18-8-6-17(7-9-18)20(26)25-19(21(27)28)15-29-22(25)10-12-24(13-11-22)14-16-4-2-1-3-5-16/h1-9,19H,10-15H2,(H,27,28)/t19-/m0/s1. The molecule has 0 bridgehead atoms. The smallest absolute Gasteiger partial charge is 0.328 e. The molecule has 2 aromatic rings. The predicted octanol–water partition coefficient (Wildman–Crippen LogP) is 2.74. The van der Waals surface area contributed by atoms with Crippen molar-refractivity contribution in [1.29, 1.82) is 0 Å². The van der Waals surface area contributed by atoms with Crippen LogP contribution in [0, 0.1) is 5.82 Å². The van der Waals surface area contributed by atoms with Crippen molar-refractivity contribution in [3.05, 3.63) is 71.5 Å². The molecule has 29 heavy (non-hydrogen) atoms. The van der Waals surface area contributed by atoms with E-state index in [1.165, 1.54) is 34.7 Å². The van der Waals surface area contributed by atoms with Crippen LogP contribution in [0.4, 0.5) is 4.39 Å². The SMILES string of the molecule is O=C(O)[C@@H]1COC2(CCN(Cc3ccccc3)CC2)N1C(=O)c1ccc(F)cc1. The van der Waals surface area contributed by atoms with Crippen molar-refractivity contribution >= 4 is 11.9 Å². The Balaban J connectivity index is 1.53. The Morgan fingerprint density at radius 3 is 2.34 bits per heavy atom. The van der Waals surface area contributed by atoms with Gasteiger partial charge < -0.3 is 9.84 Å². The molecule has 1 N–H and O–H groups in total. The van der Waals surface area contributed by atoms with Gasteiger partial charge in [0.05, 0.1) is 6.61 Å². The van der Waals surface area contributed by atoms with Crippen LogP contribution in [0.5, 0.6) is 0 Å². The summed E-state index contributed by atoms with van der Waals surface area (Å²) >= 11 is 0. The minimum atomic E-state index is -1.09. The van der Waals surface area contributed by atoms with Crippen LogP contribution in [-0.4, -0.2) is 58.2 Å². The van der Waals surface area contributed by atoms with Gasteiger partial charge in [0.25, 0.3) is 5.91 Å². The first-order valence-corrected chi connectivity index (χ1v) is 9.71. The Hall–Kier alpha value is -2.77. The highest BCUT2D eigenvalue weighted by atomic mass is 19.1. The summed E-state index contributed by atoms with van der Waals surface area (Å²) in [5, 5.41) is 9.64. The van der Waals surface area contributed by atoms with E-state index in [0.717, 1.165) is 6.54 Å². The third-order valence-corrected chi connectivity index (χ3v) is 5.74. The summed E-state index contributed by atoms with van der Waals surface area (Å²) in [4.78, 5) is 28.6. The fourth-order valence-corrected chi connectivity index (χ4v) is 4.19. The van der Waals surface area contributed by atoms with Gasteiger partial charge in [0.2, 0.25) is 0 Å². The number of hydrogen-bond donors (Lipinski definition) is 1. The molecule has 0 radical (unpaired) electrons. The molecule has 0 aliphatic carbocycles. The molecule has 2 aromatic carbocycles. The van der Waals surface area contributed by atoms with Crippen LogP contribution < -0.4 is 0 Å². The number of likely N-dealkylation sites (tertiary alicyclic amines) is 1. The van der Waals surface area contributed by atoms with Gasteiger partial charge in [0.15, 0.2) is 6.04 Å². The average molecular weight is 398 g/mol. The molecule has 4 rings (SSSR count). The Bertz CT molecular complexity index is 879. The molecule has 152 valence electrons. The topological polar surface area (TPSA) is 70.1 Å². The van der Waals surface area contributed by atoms with E-state index in [4.69, 9.17) is 4.74 Å². The number of amides is 1. The predicted molar refractivity (Wildman–Crippen MR) is 104 cm³/mol. The van der Waals surface area contributed by atoms with Gasteiger partial charge in [-0.05, 0) is 29.8 Å². The third-order valence-electron chi connectivity index (χ3n) is 5.74. The summed E-state index contributed by atoms with van der Waals surface area (Å²) in [7, 11) is 0. The minimum Gasteiger partial charge on any atom is -0.480 e. The highest BCUT2D eigenvalue weighted by Gasteiger charge is 2.54. The zero-order valence-electron chi connectivity index (χ0n) is 16.0. The van der Waals surface area contributed by atoms with E-state index >= 15 is 0 Å². The molecular formula is C22H23FN2O4. The molecular weight excluding hydrogens is 375 g/mol. The number of carboxylic acid groups (broad SMARTS) is 1. The number of piperidine rings is 1. The maximum atomic E-state index is 13.3.